The molecule has 1 aliphatic carbocycles. The van der Waals surface area contributed by atoms with E-state index >= 15 is 0 Å². The molecule has 1 amide bonds. The Morgan fingerprint density at radius 2 is 2.17 bits per heavy atom. The summed E-state index contributed by atoms with van der Waals surface area (Å²) in [4.78, 5) is 13.0. The summed E-state index contributed by atoms with van der Waals surface area (Å²) in [6.45, 7) is 0. The van der Waals surface area contributed by atoms with Crippen LogP contribution in [0.3, 0.4) is 0 Å². The Morgan fingerprint density at radius 3 is 2.78 bits per heavy atom. The molecule has 18 heavy (non-hydrogen) atoms. The molecule has 0 unspecified atom stereocenters. The minimum atomic E-state index is -0.165. The van der Waals surface area contributed by atoms with Gasteiger partial charge in [-0.25, -0.2) is 0 Å². The van der Waals surface area contributed by atoms with Crippen LogP contribution in [0.1, 0.15) is 37.0 Å². The van der Waals surface area contributed by atoms with Crippen LogP contribution in [0.25, 0.3) is 0 Å². The van der Waals surface area contributed by atoms with Gasteiger partial charge in [-0.2, -0.15) is 0 Å². The number of aliphatic hydroxyl groups is 1. The highest BCUT2D eigenvalue weighted by molar-refractivity contribution is 9.10. The molecule has 0 aromatic carbocycles. The summed E-state index contributed by atoms with van der Waals surface area (Å²) in [5.41, 5.74) is 0. The van der Waals surface area contributed by atoms with Crippen molar-refractivity contribution in [2.45, 2.75) is 50.7 Å². The first kappa shape index (κ1) is 14.0. The summed E-state index contributed by atoms with van der Waals surface area (Å²) < 4.78 is 1.09. The summed E-state index contributed by atoms with van der Waals surface area (Å²) in [6, 6.07) is 2.32. The lowest BCUT2D eigenvalue weighted by molar-refractivity contribution is -0.122. The number of aliphatic hydroxyl groups excluding tert-OH is 1. The van der Waals surface area contributed by atoms with Gasteiger partial charge in [0.25, 0.3) is 0 Å². The van der Waals surface area contributed by atoms with Crippen molar-refractivity contribution in [3.05, 3.63) is 20.8 Å². The van der Waals surface area contributed by atoms with Crippen LogP contribution in [-0.4, -0.2) is 23.2 Å². The van der Waals surface area contributed by atoms with Crippen LogP contribution in [0.5, 0.6) is 0 Å². The summed E-state index contributed by atoms with van der Waals surface area (Å²) in [6.07, 6.45) is 4.60. The SMILES string of the molecule is O=C(CCc1cc(Br)cs1)NC1CCC(O)CC1. The molecule has 0 aliphatic heterocycles. The Bertz CT molecular complexity index is 399. The fraction of sp³-hybridized carbons (Fsp3) is 0.615. The second-order valence-electron chi connectivity index (χ2n) is 4.80. The van der Waals surface area contributed by atoms with Gasteiger partial charge < -0.3 is 10.4 Å². The third kappa shape index (κ3) is 4.37. The first-order valence-electron chi connectivity index (χ1n) is 6.34. The van der Waals surface area contributed by atoms with E-state index in [0.717, 1.165) is 36.6 Å². The number of aryl methyl sites for hydroxylation is 1. The standard InChI is InChI=1S/C13H18BrNO2S/c14-9-7-12(18-8-9)5-6-13(17)15-10-1-3-11(16)4-2-10/h7-8,10-11,16H,1-6H2,(H,15,17). The molecule has 2 N–H and O–H groups in total. The summed E-state index contributed by atoms with van der Waals surface area (Å²) in [5, 5.41) is 14.5. The second-order valence-corrected chi connectivity index (χ2v) is 6.72. The van der Waals surface area contributed by atoms with Gasteiger partial charge in [-0.1, -0.05) is 0 Å². The minimum absolute atomic E-state index is 0.126. The fourth-order valence-electron chi connectivity index (χ4n) is 2.24. The highest BCUT2D eigenvalue weighted by Gasteiger charge is 2.20. The van der Waals surface area contributed by atoms with Gasteiger partial charge in [0.15, 0.2) is 0 Å². The average Bonchev–Trinajstić information content (AvgIpc) is 2.76. The highest BCUT2D eigenvalue weighted by atomic mass is 79.9. The maximum atomic E-state index is 11.8. The van der Waals surface area contributed by atoms with E-state index in [0.29, 0.717) is 6.42 Å². The van der Waals surface area contributed by atoms with Crippen molar-refractivity contribution in [2.24, 2.45) is 0 Å². The molecule has 1 aromatic heterocycles. The number of rotatable bonds is 4. The maximum Gasteiger partial charge on any atom is 0.220 e. The maximum absolute atomic E-state index is 11.8. The zero-order chi connectivity index (χ0) is 13.0. The third-order valence-corrected chi connectivity index (χ3v) is 5.04. The lowest BCUT2D eigenvalue weighted by Gasteiger charge is -2.26. The molecular weight excluding hydrogens is 314 g/mol. The van der Waals surface area contributed by atoms with Gasteiger partial charge >= 0.3 is 0 Å². The van der Waals surface area contributed by atoms with E-state index < -0.39 is 0 Å². The Hall–Kier alpha value is -0.390. The molecule has 1 aromatic rings. The quantitative estimate of drug-likeness (QED) is 0.891. The molecule has 0 atom stereocenters. The summed E-state index contributed by atoms with van der Waals surface area (Å²) in [7, 11) is 0. The fourth-order valence-corrected chi connectivity index (χ4v) is 3.70. The van der Waals surface area contributed by atoms with Crippen molar-refractivity contribution in [3.63, 3.8) is 0 Å². The molecule has 1 fully saturated rings. The van der Waals surface area contributed by atoms with E-state index in [1.54, 1.807) is 11.3 Å². The molecule has 0 radical (unpaired) electrons. The van der Waals surface area contributed by atoms with Crippen LogP contribution >= 0.6 is 27.3 Å². The lowest BCUT2D eigenvalue weighted by Crippen LogP contribution is -2.38. The molecule has 0 spiro atoms. The second kappa shape index (κ2) is 6.68. The van der Waals surface area contributed by atoms with E-state index in [9.17, 15) is 9.90 Å². The van der Waals surface area contributed by atoms with Gasteiger partial charge in [0.05, 0.1) is 6.10 Å². The Kier molecular flexibility index (Phi) is 5.21. The van der Waals surface area contributed by atoms with Gasteiger partial charge in [-0.05, 0) is 54.1 Å². The highest BCUT2D eigenvalue weighted by Crippen LogP contribution is 2.21. The molecule has 1 aliphatic rings. The zero-order valence-electron chi connectivity index (χ0n) is 10.2. The number of carbonyl (C=O) groups is 1. The minimum Gasteiger partial charge on any atom is -0.393 e. The van der Waals surface area contributed by atoms with Crippen LogP contribution < -0.4 is 5.32 Å². The monoisotopic (exact) mass is 331 g/mol. The predicted molar refractivity (Wildman–Crippen MR) is 76.7 cm³/mol. The summed E-state index contributed by atoms with van der Waals surface area (Å²) >= 11 is 5.09. The number of hydrogen-bond donors (Lipinski definition) is 2. The van der Waals surface area contributed by atoms with E-state index in [1.165, 1.54) is 4.88 Å². The normalized spacial score (nSPS) is 23.9. The molecule has 100 valence electrons. The van der Waals surface area contributed by atoms with Crippen molar-refractivity contribution >= 4 is 33.2 Å². The molecule has 0 saturated heterocycles. The molecule has 3 nitrogen and oxygen atoms in total. The Labute approximate surface area is 120 Å². The molecule has 0 bridgehead atoms. The zero-order valence-corrected chi connectivity index (χ0v) is 12.6. The van der Waals surface area contributed by atoms with E-state index in [1.807, 2.05) is 5.38 Å². The average molecular weight is 332 g/mol. The van der Waals surface area contributed by atoms with Crippen molar-refractivity contribution in [3.8, 4) is 0 Å². The predicted octanol–water partition coefficient (Wildman–Crippen LogP) is 2.86. The van der Waals surface area contributed by atoms with E-state index in [2.05, 4.69) is 27.3 Å². The van der Waals surface area contributed by atoms with Gasteiger partial charge in [-0.15, -0.1) is 11.3 Å². The largest absolute Gasteiger partial charge is 0.393 e. The van der Waals surface area contributed by atoms with Crippen LogP contribution in [0.2, 0.25) is 0 Å². The van der Waals surface area contributed by atoms with Crippen LogP contribution in [0, 0.1) is 0 Å². The molecule has 2 rings (SSSR count). The van der Waals surface area contributed by atoms with Crippen molar-refractivity contribution < 1.29 is 9.90 Å². The van der Waals surface area contributed by atoms with E-state index in [-0.39, 0.29) is 18.1 Å². The van der Waals surface area contributed by atoms with Crippen molar-refractivity contribution in [1.82, 2.24) is 5.32 Å². The number of carbonyl (C=O) groups excluding carboxylic acids is 1. The number of nitrogens with one attached hydrogen (secondary N) is 1. The van der Waals surface area contributed by atoms with Crippen LogP contribution in [0.15, 0.2) is 15.9 Å². The van der Waals surface area contributed by atoms with Crippen molar-refractivity contribution in [1.29, 1.82) is 0 Å². The number of amides is 1. The molecular formula is C13H18BrNO2S. The van der Waals surface area contributed by atoms with Crippen molar-refractivity contribution in [2.75, 3.05) is 0 Å². The number of halogens is 1. The first-order chi connectivity index (χ1) is 8.63. The third-order valence-electron chi connectivity index (χ3n) is 3.28. The first-order valence-corrected chi connectivity index (χ1v) is 8.01. The Morgan fingerprint density at radius 1 is 1.44 bits per heavy atom. The lowest BCUT2D eigenvalue weighted by atomic mass is 9.93. The van der Waals surface area contributed by atoms with Gasteiger partial charge in [-0.3, -0.25) is 4.79 Å². The molecule has 1 heterocycles. The van der Waals surface area contributed by atoms with Crippen LogP contribution in [-0.2, 0) is 11.2 Å². The summed E-state index contributed by atoms with van der Waals surface area (Å²) in [5.74, 6) is 0.126. The molecule has 5 heteroatoms. The topological polar surface area (TPSA) is 49.3 Å². The Balaban J connectivity index is 1.69. The van der Waals surface area contributed by atoms with Gasteiger partial charge in [0.1, 0.15) is 0 Å². The number of thiophene rings is 1. The van der Waals surface area contributed by atoms with Gasteiger partial charge in [0.2, 0.25) is 5.91 Å². The van der Waals surface area contributed by atoms with Gasteiger partial charge in [0, 0.05) is 27.2 Å². The molecule has 1 saturated carbocycles. The number of hydrogen-bond acceptors (Lipinski definition) is 3. The smallest absolute Gasteiger partial charge is 0.220 e. The van der Waals surface area contributed by atoms with E-state index in [4.69, 9.17) is 0 Å². The van der Waals surface area contributed by atoms with Crippen LogP contribution in [0.4, 0.5) is 0 Å².